The molecule has 0 radical (unpaired) electrons. The summed E-state index contributed by atoms with van der Waals surface area (Å²) in [7, 11) is 0. The largest absolute Gasteiger partial charge is 0.507 e. The number of carbonyl (C=O) groups is 1. The van der Waals surface area contributed by atoms with Crippen LogP contribution in [-0.2, 0) is 13.0 Å². The van der Waals surface area contributed by atoms with Crippen LogP contribution in [0.15, 0.2) is 48.5 Å². The van der Waals surface area contributed by atoms with E-state index in [0.717, 1.165) is 11.1 Å². The standard InChI is InChI=1S/C16H17NO3/c18-11-13-7-5-12(6-8-13)9-10-17-16(20)14-3-1-2-4-15(14)19/h1-8,18-19H,9-11H2,(H,17,20). The second-order valence-corrected chi connectivity index (χ2v) is 4.50. The van der Waals surface area contributed by atoms with E-state index >= 15 is 0 Å². The van der Waals surface area contributed by atoms with Crippen LogP contribution in [-0.4, -0.2) is 22.7 Å². The molecule has 0 saturated heterocycles. The minimum Gasteiger partial charge on any atom is -0.507 e. The van der Waals surface area contributed by atoms with Crippen molar-refractivity contribution < 1.29 is 15.0 Å². The molecule has 4 heteroatoms. The van der Waals surface area contributed by atoms with Gasteiger partial charge >= 0.3 is 0 Å². The van der Waals surface area contributed by atoms with Crippen LogP contribution in [0.1, 0.15) is 21.5 Å². The molecule has 2 aromatic carbocycles. The summed E-state index contributed by atoms with van der Waals surface area (Å²) in [6.07, 6.45) is 0.699. The number of aliphatic hydroxyl groups is 1. The summed E-state index contributed by atoms with van der Waals surface area (Å²) in [5.41, 5.74) is 2.23. The summed E-state index contributed by atoms with van der Waals surface area (Å²) in [6, 6.07) is 14.0. The summed E-state index contributed by atoms with van der Waals surface area (Å²) in [5.74, 6) is -0.299. The molecule has 0 unspecified atom stereocenters. The first kappa shape index (κ1) is 14.1. The van der Waals surface area contributed by atoms with Crippen molar-refractivity contribution in [3.63, 3.8) is 0 Å². The van der Waals surface area contributed by atoms with Gasteiger partial charge in [-0.2, -0.15) is 0 Å². The van der Waals surface area contributed by atoms with E-state index in [-0.39, 0.29) is 23.8 Å². The van der Waals surface area contributed by atoms with Gasteiger partial charge in [0.15, 0.2) is 0 Å². The summed E-state index contributed by atoms with van der Waals surface area (Å²) in [5, 5.41) is 21.3. The van der Waals surface area contributed by atoms with Gasteiger partial charge in [-0.1, -0.05) is 36.4 Å². The molecule has 0 spiro atoms. The molecule has 0 aliphatic rings. The van der Waals surface area contributed by atoms with Gasteiger partial charge in [0.2, 0.25) is 0 Å². The number of amides is 1. The Bertz CT molecular complexity index is 579. The fraction of sp³-hybridized carbons (Fsp3) is 0.188. The predicted octanol–water partition coefficient (Wildman–Crippen LogP) is 1.86. The molecule has 0 bridgehead atoms. The molecular formula is C16H17NO3. The maximum absolute atomic E-state index is 11.9. The highest BCUT2D eigenvalue weighted by Crippen LogP contribution is 2.15. The Morgan fingerprint density at radius 3 is 2.30 bits per heavy atom. The van der Waals surface area contributed by atoms with E-state index < -0.39 is 0 Å². The highest BCUT2D eigenvalue weighted by atomic mass is 16.3. The van der Waals surface area contributed by atoms with Gasteiger partial charge in [0.1, 0.15) is 5.75 Å². The third kappa shape index (κ3) is 3.59. The van der Waals surface area contributed by atoms with Crippen molar-refractivity contribution in [1.29, 1.82) is 0 Å². The first-order valence-electron chi connectivity index (χ1n) is 6.45. The molecule has 0 heterocycles. The number of nitrogens with one attached hydrogen (secondary N) is 1. The van der Waals surface area contributed by atoms with Gasteiger partial charge in [-0.05, 0) is 29.7 Å². The summed E-state index contributed by atoms with van der Waals surface area (Å²) < 4.78 is 0. The molecule has 2 rings (SSSR count). The summed E-state index contributed by atoms with van der Waals surface area (Å²) in [4.78, 5) is 11.9. The molecule has 3 N–H and O–H groups in total. The lowest BCUT2D eigenvalue weighted by molar-refractivity contribution is 0.0951. The lowest BCUT2D eigenvalue weighted by Gasteiger charge is -2.07. The second-order valence-electron chi connectivity index (χ2n) is 4.50. The highest BCUT2D eigenvalue weighted by molar-refractivity contribution is 5.96. The number of benzene rings is 2. The number of aliphatic hydroxyl groups excluding tert-OH is 1. The molecule has 0 aromatic heterocycles. The van der Waals surface area contributed by atoms with Gasteiger partial charge < -0.3 is 15.5 Å². The Balaban J connectivity index is 1.86. The van der Waals surface area contributed by atoms with Crippen LogP contribution in [0.25, 0.3) is 0 Å². The average Bonchev–Trinajstić information content (AvgIpc) is 2.48. The molecule has 0 aliphatic heterocycles. The molecule has 2 aromatic rings. The first-order valence-corrected chi connectivity index (χ1v) is 6.45. The third-order valence-corrected chi connectivity index (χ3v) is 3.05. The summed E-state index contributed by atoms with van der Waals surface area (Å²) >= 11 is 0. The maximum Gasteiger partial charge on any atom is 0.255 e. The van der Waals surface area contributed by atoms with E-state index in [2.05, 4.69) is 5.32 Å². The van der Waals surface area contributed by atoms with E-state index in [9.17, 15) is 9.90 Å². The van der Waals surface area contributed by atoms with Crippen LogP contribution in [0.3, 0.4) is 0 Å². The number of phenolic OH excluding ortho intramolecular Hbond substituents is 1. The van der Waals surface area contributed by atoms with E-state index in [4.69, 9.17) is 5.11 Å². The van der Waals surface area contributed by atoms with E-state index in [1.807, 2.05) is 24.3 Å². The average molecular weight is 271 g/mol. The van der Waals surface area contributed by atoms with Gasteiger partial charge in [-0.3, -0.25) is 4.79 Å². The lowest BCUT2D eigenvalue weighted by Crippen LogP contribution is -2.25. The Labute approximate surface area is 117 Å². The minimum atomic E-state index is -0.282. The van der Waals surface area contributed by atoms with Crippen molar-refractivity contribution in [2.75, 3.05) is 6.54 Å². The number of rotatable bonds is 5. The predicted molar refractivity (Wildman–Crippen MR) is 76.5 cm³/mol. The van der Waals surface area contributed by atoms with Crippen molar-refractivity contribution >= 4 is 5.91 Å². The number of carbonyl (C=O) groups excluding carboxylic acids is 1. The zero-order valence-corrected chi connectivity index (χ0v) is 11.0. The van der Waals surface area contributed by atoms with Gasteiger partial charge in [0.05, 0.1) is 12.2 Å². The van der Waals surface area contributed by atoms with Crippen molar-refractivity contribution in [3.8, 4) is 5.75 Å². The SMILES string of the molecule is O=C(NCCc1ccc(CO)cc1)c1ccccc1O. The fourth-order valence-corrected chi connectivity index (χ4v) is 1.89. The van der Waals surface area contributed by atoms with E-state index in [0.29, 0.717) is 13.0 Å². The Morgan fingerprint density at radius 1 is 1.00 bits per heavy atom. The molecule has 20 heavy (non-hydrogen) atoms. The zero-order chi connectivity index (χ0) is 14.4. The number of hydrogen-bond donors (Lipinski definition) is 3. The topological polar surface area (TPSA) is 69.6 Å². The molecule has 1 amide bonds. The van der Waals surface area contributed by atoms with Crippen LogP contribution < -0.4 is 5.32 Å². The van der Waals surface area contributed by atoms with E-state index in [1.165, 1.54) is 6.07 Å². The Kier molecular flexibility index (Phi) is 4.74. The maximum atomic E-state index is 11.9. The fourth-order valence-electron chi connectivity index (χ4n) is 1.89. The quantitative estimate of drug-likeness (QED) is 0.777. The van der Waals surface area contributed by atoms with Crippen LogP contribution in [0.4, 0.5) is 0 Å². The highest BCUT2D eigenvalue weighted by Gasteiger charge is 2.08. The molecular weight excluding hydrogens is 254 g/mol. The van der Waals surface area contributed by atoms with Crippen molar-refractivity contribution in [3.05, 3.63) is 65.2 Å². The van der Waals surface area contributed by atoms with Gasteiger partial charge in [-0.25, -0.2) is 0 Å². The molecule has 0 atom stereocenters. The third-order valence-electron chi connectivity index (χ3n) is 3.05. The van der Waals surface area contributed by atoms with Crippen LogP contribution in [0, 0.1) is 0 Å². The molecule has 4 nitrogen and oxygen atoms in total. The Hall–Kier alpha value is -2.33. The van der Waals surface area contributed by atoms with Crippen LogP contribution >= 0.6 is 0 Å². The number of hydrogen-bond acceptors (Lipinski definition) is 3. The number of para-hydroxylation sites is 1. The number of aromatic hydroxyl groups is 1. The van der Waals surface area contributed by atoms with Gasteiger partial charge in [-0.15, -0.1) is 0 Å². The zero-order valence-electron chi connectivity index (χ0n) is 11.0. The van der Waals surface area contributed by atoms with Crippen molar-refractivity contribution in [2.45, 2.75) is 13.0 Å². The lowest BCUT2D eigenvalue weighted by atomic mass is 10.1. The van der Waals surface area contributed by atoms with Crippen LogP contribution in [0.2, 0.25) is 0 Å². The minimum absolute atomic E-state index is 0.0164. The van der Waals surface area contributed by atoms with E-state index in [1.54, 1.807) is 18.2 Å². The Morgan fingerprint density at radius 2 is 1.65 bits per heavy atom. The van der Waals surface area contributed by atoms with Crippen molar-refractivity contribution in [2.24, 2.45) is 0 Å². The molecule has 104 valence electrons. The summed E-state index contributed by atoms with van der Waals surface area (Å²) in [6.45, 7) is 0.524. The normalized spacial score (nSPS) is 10.2. The first-order chi connectivity index (χ1) is 9.70. The number of phenols is 1. The van der Waals surface area contributed by atoms with Crippen molar-refractivity contribution in [1.82, 2.24) is 5.32 Å². The van der Waals surface area contributed by atoms with Gasteiger partial charge in [0.25, 0.3) is 5.91 Å². The van der Waals surface area contributed by atoms with Gasteiger partial charge in [0, 0.05) is 6.54 Å². The monoisotopic (exact) mass is 271 g/mol. The molecule has 0 saturated carbocycles. The smallest absolute Gasteiger partial charge is 0.255 e. The second kappa shape index (κ2) is 6.73. The van der Waals surface area contributed by atoms with Crippen LogP contribution in [0.5, 0.6) is 5.75 Å². The molecule has 0 fully saturated rings. The molecule has 0 aliphatic carbocycles.